The maximum absolute atomic E-state index is 13.6. The molecule has 2 heterocycles. The lowest BCUT2D eigenvalue weighted by Crippen LogP contribution is -2.48. The smallest absolute Gasteiger partial charge is 0.307 e. The third kappa shape index (κ3) is 5.96. The standard InChI is InChI=1S/C24H27ClN4O5S/c1-26-13-15-27(16-14-26)17-18-29(23-3-2-12-28(31)24(23)30)35(32,33)22-10-8-21(9-11-22)34-20-6-4-19(25)5-7-20/h2-12,31H,13-18H2,1H3. The van der Waals surface area contributed by atoms with Crippen molar-refractivity contribution in [1.82, 2.24) is 14.5 Å². The van der Waals surface area contributed by atoms with E-state index in [9.17, 15) is 18.4 Å². The van der Waals surface area contributed by atoms with Crippen LogP contribution in [0.4, 0.5) is 5.69 Å². The third-order valence-electron chi connectivity index (χ3n) is 5.85. The highest BCUT2D eigenvalue weighted by Gasteiger charge is 2.28. The number of nitrogens with zero attached hydrogens (tertiary/aromatic N) is 4. The van der Waals surface area contributed by atoms with E-state index in [2.05, 4.69) is 9.80 Å². The molecule has 0 radical (unpaired) electrons. The van der Waals surface area contributed by atoms with Crippen molar-refractivity contribution >= 4 is 27.3 Å². The maximum Gasteiger partial charge on any atom is 0.307 e. The van der Waals surface area contributed by atoms with Crippen LogP contribution in [-0.4, -0.2) is 74.5 Å². The lowest BCUT2D eigenvalue weighted by molar-refractivity contribution is 0.157. The molecular formula is C24H27ClN4O5S. The highest BCUT2D eigenvalue weighted by molar-refractivity contribution is 7.92. The number of piperazine rings is 1. The molecule has 3 aromatic rings. The molecule has 4 rings (SSSR count). The molecule has 2 aromatic carbocycles. The van der Waals surface area contributed by atoms with Crippen molar-refractivity contribution in [3.63, 3.8) is 0 Å². The van der Waals surface area contributed by atoms with Gasteiger partial charge < -0.3 is 14.8 Å². The molecule has 1 fully saturated rings. The second-order valence-electron chi connectivity index (χ2n) is 8.29. The lowest BCUT2D eigenvalue weighted by atomic mass is 10.3. The summed E-state index contributed by atoms with van der Waals surface area (Å²) in [6, 6.07) is 15.6. The van der Waals surface area contributed by atoms with Crippen molar-refractivity contribution in [3.05, 3.63) is 82.2 Å². The van der Waals surface area contributed by atoms with Gasteiger partial charge in [0.25, 0.3) is 10.0 Å². The summed E-state index contributed by atoms with van der Waals surface area (Å²) in [4.78, 5) is 17.0. The van der Waals surface area contributed by atoms with E-state index in [1.807, 2.05) is 7.05 Å². The first kappa shape index (κ1) is 25.1. The van der Waals surface area contributed by atoms with Gasteiger partial charge in [-0.3, -0.25) is 14.0 Å². The molecule has 1 aliphatic heterocycles. The summed E-state index contributed by atoms with van der Waals surface area (Å²) in [6.45, 7) is 3.90. The van der Waals surface area contributed by atoms with Gasteiger partial charge in [0.15, 0.2) is 0 Å². The second-order valence-corrected chi connectivity index (χ2v) is 10.6. The van der Waals surface area contributed by atoms with Gasteiger partial charge in [0, 0.05) is 50.5 Å². The molecule has 0 spiro atoms. The summed E-state index contributed by atoms with van der Waals surface area (Å²) in [5, 5.41) is 10.4. The van der Waals surface area contributed by atoms with E-state index < -0.39 is 15.6 Å². The Morgan fingerprint density at radius 1 is 0.971 bits per heavy atom. The van der Waals surface area contributed by atoms with Crippen LogP contribution in [0.2, 0.25) is 5.02 Å². The van der Waals surface area contributed by atoms with Gasteiger partial charge in [-0.15, -0.1) is 0 Å². The molecule has 1 aliphatic rings. The Hall–Kier alpha value is -3.05. The Kier molecular flexibility index (Phi) is 7.66. The Balaban J connectivity index is 1.59. The fourth-order valence-corrected chi connectivity index (χ4v) is 5.36. The number of rotatable bonds is 8. The van der Waals surface area contributed by atoms with Crippen molar-refractivity contribution < 1.29 is 18.4 Å². The highest BCUT2D eigenvalue weighted by Crippen LogP contribution is 2.26. The minimum atomic E-state index is -4.10. The number of hydrogen-bond donors (Lipinski definition) is 1. The van der Waals surface area contributed by atoms with E-state index in [0.29, 0.717) is 27.8 Å². The molecule has 0 unspecified atom stereocenters. The molecule has 0 aliphatic carbocycles. The highest BCUT2D eigenvalue weighted by atomic mass is 35.5. The first-order valence-corrected chi connectivity index (χ1v) is 12.9. The normalized spacial score (nSPS) is 15.1. The molecule has 9 nitrogen and oxygen atoms in total. The number of ether oxygens (including phenoxy) is 1. The fraction of sp³-hybridized carbons (Fsp3) is 0.292. The molecular weight excluding hydrogens is 492 g/mol. The Bertz CT molecular complexity index is 1300. The maximum atomic E-state index is 13.6. The van der Waals surface area contributed by atoms with E-state index in [4.69, 9.17) is 16.3 Å². The molecule has 0 bridgehead atoms. The predicted molar refractivity (Wildman–Crippen MR) is 134 cm³/mol. The topological polar surface area (TPSA) is 95.3 Å². The first-order valence-electron chi connectivity index (χ1n) is 11.1. The Morgan fingerprint density at radius 2 is 1.57 bits per heavy atom. The zero-order chi connectivity index (χ0) is 25.0. The molecule has 186 valence electrons. The minimum Gasteiger partial charge on any atom is -0.457 e. The van der Waals surface area contributed by atoms with Gasteiger partial charge in [0.2, 0.25) is 0 Å². The summed E-state index contributed by atoms with van der Waals surface area (Å²) in [5.74, 6) is 1.01. The summed E-state index contributed by atoms with van der Waals surface area (Å²) in [7, 11) is -2.06. The zero-order valence-electron chi connectivity index (χ0n) is 19.2. The molecule has 0 saturated carbocycles. The third-order valence-corrected chi connectivity index (χ3v) is 7.93. The molecule has 1 N–H and O–H groups in total. The van der Waals surface area contributed by atoms with Crippen molar-refractivity contribution in [2.45, 2.75) is 4.90 Å². The van der Waals surface area contributed by atoms with E-state index in [1.54, 1.807) is 36.4 Å². The van der Waals surface area contributed by atoms with Crippen LogP contribution in [0.5, 0.6) is 11.5 Å². The Morgan fingerprint density at radius 3 is 2.20 bits per heavy atom. The quantitative estimate of drug-likeness (QED) is 0.458. The summed E-state index contributed by atoms with van der Waals surface area (Å²) >= 11 is 5.90. The number of benzene rings is 2. The summed E-state index contributed by atoms with van der Waals surface area (Å²) in [5.41, 5.74) is -0.928. The van der Waals surface area contributed by atoms with Gasteiger partial charge in [0.05, 0.1) is 4.90 Å². The van der Waals surface area contributed by atoms with Crippen LogP contribution in [0.15, 0.2) is 76.6 Å². The van der Waals surface area contributed by atoms with Crippen molar-refractivity contribution in [3.8, 4) is 11.5 Å². The number of likely N-dealkylation sites (N-methyl/N-ethyl adjacent to an activating group) is 1. The average Bonchev–Trinajstić information content (AvgIpc) is 2.84. The van der Waals surface area contributed by atoms with E-state index >= 15 is 0 Å². The number of sulfonamides is 1. The molecule has 0 amide bonds. The molecule has 1 saturated heterocycles. The number of aromatic nitrogens is 1. The van der Waals surface area contributed by atoms with Crippen LogP contribution in [0.25, 0.3) is 0 Å². The van der Waals surface area contributed by atoms with Crippen molar-refractivity contribution in [1.29, 1.82) is 0 Å². The molecule has 1 aromatic heterocycles. The summed E-state index contributed by atoms with van der Waals surface area (Å²) < 4.78 is 34.5. The van der Waals surface area contributed by atoms with Gasteiger partial charge in [-0.25, -0.2) is 8.42 Å². The van der Waals surface area contributed by atoms with E-state index in [1.165, 1.54) is 30.5 Å². The van der Waals surface area contributed by atoms with Crippen LogP contribution >= 0.6 is 11.6 Å². The van der Waals surface area contributed by atoms with E-state index in [-0.39, 0.29) is 17.1 Å². The van der Waals surface area contributed by atoms with Crippen LogP contribution in [0.1, 0.15) is 0 Å². The van der Waals surface area contributed by atoms with Crippen molar-refractivity contribution in [2.24, 2.45) is 0 Å². The molecule has 11 heteroatoms. The predicted octanol–water partition coefficient (Wildman–Crippen LogP) is 2.97. The van der Waals surface area contributed by atoms with Gasteiger partial charge in [-0.1, -0.05) is 11.6 Å². The lowest BCUT2D eigenvalue weighted by Gasteiger charge is -2.34. The fourth-order valence-electron chi connectivity index (χ4n) is 3.78. The van der Waals surface area contributed by atoms with Crippen LogP contribution in [0.3, 0.4) is 0 Å². The van der Waals surface area contributed by atoms with Crippen LogP contribution in [-0.2, 0) is 10.0 Å². The zero-order valence-corrected chi connectivity index (χ0v) is 20.8. The number of hydrogen-bond acceptors (Lipinski definition) is 7. The minimum absolute atomic E-state index is 0.00655. The number of anilines is 1. The van der Waals surface area contributed by atoms with Gasteiger partial charge in [-0.05, 0) is 67.7 Å². The summed E-state index contributed by atoms with van der Waals surface area (Å²) in [6.07, 6.45) is 1.17. The van der Waals surface area contributed by atoms with Crippen molar-refractivity contribution in [2.75, 3.05) is 50.6 Å². The second kappa shape index (κ2) is 10.7. The Labute approximate surface area is 209 Å². The molecule has 0 atom stereocenters. The number of halogens is 1. The van der Waals surface area contributed by atoms with E-state index in [0.717, 1.165) is 30.5 Å². The van der Waals surface area contributed by atoms with Gasteiger partial charge in [0.1, 0.15) is 17.2 Å². The first-order chi connectivity index (χ1) is 16.7. The largest absolute Gasteiger partial charge is 0.457 e. The number of pyridine rings is 1. The average molecular weight is 519 g/mol. The SMILES string of the molecule is CN1CCN(CCN(c2cccn(O)c2=O)S(=O)(=O)c2ccc(Oc3ccc(Cl)cc3)cc2)CC1. The van der Waals surface area contributed by atoms with Crippen LogP contribution < -0.4 is 14.6 Å². The monoisotopic (exact) mass is 518 g/mol. The van der Waals surface area contributed by atoms with Gasteiger partial charge >= 0.3 is 5.56 Å². The van der Waals surface area contributed by atoms with Gasteiger partial charge in [-0.2, -0.15) is 4.73 Å². The van der Waals surface area contributed by atoms with Crippen LogP contribution in [0, 0.1) is 0 Å². The molecule has 35 heavy (non-hydrogen) atoms.